The standard InChI is InChI=1S/C11H17F3N2O3/c1-7-5-16(6-8(7)9(17)18)10(19)15-4-2-3-11(12,13)14/h7-8H,2-6H2,1H3,(H,15,19)(H,17,18)/t7-,8-/m1/s1. The van der Waals surface area contributed by atoms with Crippen LogP contribution in [0.2, 0.25) is 0 Å². The number of hydrogen-bond donors (Lipinski definition) is 2. The summed E-state index contributed by atoms with van der Waals surface area (Å²) < 4.78 is 35.7. The highest BCUT2D eigenvalue weighted by atomic mass is 19.4. The molecule has 0 aliphatic carbocycles. The van der Waals surface area contributed by atoms with Crippen LogP contribution < -0.4 is 5.32 Å². The average molecular weight is 282 g/mol. The van der Waals surface area contributed by atoms with Crippen LogP contribution in [0.3, 0.4) is 0 Å². The molecule has 1 heterocycles. The summed E-state index contributed by atoms with van der Waals surface area (Å²) in [6, 6.07) is -0.502. The molecule has 5 nitrogen and oxygen atoms in total. The van der Waals surface area contributed by atoms with Crippen molar-refractivity contribution < 1.29 is 27.9 Å². The molecule has 0 saturated carbocycles. The number of aliphatic carboxylic acids is 1. The number of carbonyl (C=O) groups excluding carboxylic acids is 1. The van der Waals surface area contributed by atoms with Gasteiger partial charge in [0.25, 0.3) is 0 Å². The number of nitrogens with one attached hydrogen (secondary N) is 1. The molecule has 110 valence electrons. The number of likely N-dealkylation sites (tertiary alicyclic amines) is 1. The molecule has 2 atom stereocenters. The molecule has 2 amide bonds. The fourth-order valence-electron chi connectivity index (χ4n) is 2.05. The first-order valence-electron chi connectivity index (χ1n) is 6.03. The van der Waals surface area contributed by atoms with Gasteiger partial charge in [0.15, 0.2) is 0 Å². The van der Waals surface area contributed by atoms with E-state index in [0.29, 0.717) is 6.54 Å². The van der Waals surface area contributed by atoms with Crippen molar-refractivity contribution in [2.24, 2.45) is 11.8 Å². The van der Waals surface area contributed by atoms with Crippen LogP contribution in [0.1, 0.15) is 19.8 Å². The fourth-order valence-corrected chi connectivity index (χ4v) is 2.05. The van der Waals surface area contributed by atoms with Gasteiger partial charge in [0.2, 0.25) is 0 Å². The number of urea groups is 1. The smallest absolute Gasteiger partial charge is 0.389 e. The van der Waals surface area contributed by atoms with E-state index >= 15 is 0 Å². The zero-order valence-corrected chi connectivity index (χ0v) is 10.5. The molecule has 2 N–H and O–H groups in total. The summed E-state index contributed by atoms with van der Waals surface area (Å²) in [6.45, 7) is 2.07. The molecule has 1 saturated heterocycles. The lowest BCUT2D eigenvalue weighted by Crippen LogP contribution is -2.39. The van der Waals surface area contributed by atoms with E-state index in [-0.39, 0.29) is 25.4 Å². The Morgan fingerprint density at radius 2 is 2.00 bits per heavy atom. The number of amides is 2. The molecule has 1 aliphatic rings. The van der Waals surface area contributed by atoms with Crippen LogP contribution in [-0.2, 0) is 4.79 Å². The SMILES string of the molecule is C[C@@H]1CN(C(=O)NCCCC(F)(F)F)C[C@H]1C(=O)O. The van der Waals surface area contributed by atoms with Gasteiger partial charge in [0, 0.05) is 26.1 Å². The van der Waals surface area contributed by atoms with Crippen molar-refractivity contribution in [3.05, 3.63) is 0 Å². The lowest BCUT2D eigenvalue weighted by Gasteiger charge is -2.17. The molecule has 1 fully saturated rings. The van der Waals surface area contributed by atoms with Crippen LogP contribution in [0.4, 0.5) is 18.0 Å². The van der Waals surface area contributed by atoms with Crippen molar-refractivity contribution in [2.75, 3.05) is 19.6 Å². The summed E-state index contributed by atoms with van der Waals surface area (Å²) in [7, 11) is 0. The second kappa shape index (κ2) is 6.12. The van der Waals surface area contributed by atoms with Crippen LogP contribution in [0.25, 0.3) is 0 Å². The highest BCUT2D eigenvalue weighted by Gasteiger charge is 2.36. The second-order valence-corrected chi connectivity index (χ2v) is 4.78. The van der Waals surface area contributed by atoms with Crippen LogP contribution in [-0.4, -0.2) is 47.8 Å². The molecule has 1 aliphatic heterocycles. The summed E-state index contributed by atoms with van der Waals surface area (Å²) in [5, 5.41) is 11.3. The van der Waals surface area contributed by atoms with Crippen LogP contribution >= 0.6 is 0 Å². The maximum atomic E-state index is 11.9. The van der Waals surface area contributed by atoms with E-state index in [1.54, 1.807) is 6.92 Å². The van der Waals surface area contributed by atoms with Gasteiger partial charge in [0.05, 0.1) is 5.92 Å². The molecule has 0 unspecified atom stereocenters. The summed E-state index contributed by atoms with van der Waals surface area (Å²) in [6.07, 6.45) is -5.34. The Kier molecular flexibility index (Phi) is 5.02. The Balaban J connectivity index is 2.30. The third-order valence-electron chi connectivity index (χ3n) is 3.13. The summed E-state index contributed by atoms with van der Waals surface area (Å²) in [5.74, 6) is -1.72. The maximum Gasteiger partial charge on any atom is 0.389 e. The molecule has 0 aromatic heterocycles. The molecule has 0 spiro atoms. The minimum atomic E-state index is -4.22. The van der Waals surface area contributed by atoms with Gasteiger partial charge in [-0.15, -0.1) is 0 Å². The Morgan fingerprint density at radius 1 is 1.37 bits per heavy atom. The first-order valence-corrected chi connectivity index (χ1v) is 6.03. The minimum absolute atomic E-state index is 0.0685. The molecule has 0 aromatic rings. The number of carboxylic acid groups (broad SMARTS) is 1. The minimum Gasteiger partial charge on any atom is -0.481 e. The molecule has 19 heavy (non-hydrogen) atoms. The van der Waals surface area contributed by atoms with E-state index in [9.17, 15) is 22.8 Å². The number of rotatable bonds is 4. The highest BCUT2D eigenvalue weighted by molar-refractivity contribution is 5.77. The number of carbonyl (C=O) groups is 2. The fraction of sp³-hybridized carbons (Fsp3) is 0.818. The van der Waals surface area contributed by atoms with Crippen molar-refractivity contribution in [2.45, 2.75) is 25.9 Å². The van der Waals surface area contributed by atoms with E-state index in [0.717, 1.165) is 0 Å². The summed E-state index contributed by atoms with van der Waals surface area (Å²) in [5.41, 5.74) is 0. The highest BCUT2D eigenvalue weighted by Crippen LogP contribution is 2.23. The second-order valence-electron chi connectivity index (χ2n) is 4.78. The Bertz CT molecular complexity index is 347. The van der Waals surface area contributed by atoms with Gasteiger partial charge in [-0.25, -0.2) is 4.79 Å². The third-order valence-corrected chi connectivity index (χ3v) is 3.13. The van der Waals surface area contributed by atoms with Crippen molar-refractivity contribution in [1.82, 2.24) is 10.2 Å². The third kappa shape index (κ3) is 4.96. The summed E-state index contributed by atoms with van der Waals surface area (Å²) in [4.78, 5) is 23.8. The summed E-state index contributed by atoms with van der Waals surface area (Å²) >= 11 is 0. The molecule has 8 heteroatoms. The number of alkyl halides is 3. The lowest BCUT2D eigenvalue weighted by atomic mass is 9.99. The lowest BCUT2D eigenvalue weighted by molar-refractivity contribution is -0.142. The number of hydrogen-bond acceptors (Lipinski definition) is 2. The van der Waals surface area contributed by atoms with E-state index < -0.39 is 30.5 Å². The van der Waals surface area contributed by atoms with Gasteiger partial charge in [-0.3, -0.25) is 4.79 Å². The predicted octanol–water partition coefficient (Wildman–Crippen LogP) is 1.69. The van der Waals surface area contributed by atoms with E-state index in [1.165, 1.54) is 4.90 Å². The first-order chi connectivity index (χ1) is 8.70. The van der Waals surface area contributed by atoms with Crippen molar-refractivity contribution in [3.8, 4) is 0 Å². The zero-order valence-electron chi connectivity index (χ0n) is 10.5. The maximum absolute atomic E-state index is 11.9. The van der Waals surface area contributed by atoms with E-state index in [2.05, 4.69) is 5.32 Å². The van der Waals surface area contributed by atoms with E-state index in [1.807, 2.05) is 0 Å². The zero-order chi connectivity index (χ0) is 14.6. The molecular formula is C11H17F3N2O3. The first kappa shape index (κ1) is 15.6. The van der Waals surface area contributed by atoms with Crippen molar-refractivity contribution in [1.29, 1.82) is 0 Å². The molecular weight excluding hydrogens is 265 g/mol. The Hall–Kier alpha value is -1.47. The quantitative estimate of drug-likeness (QED) is 0.771. The van der Waals surface area contributed by atoms with E-state index in [4.69, 9.17) is 5.11 Å². The van der Waals surface area contributed by atoms with Gasteiger partial charge in [-0.1, -0.05) is 6.92 Å². The van der Waals surface area contributed by atoms with Crippen LogP contribution in [0.5, 0.6) is 0 Å². The van der Waals surface area contributed by atoms with Gasteiger partial charge >= 0.3 is 18.2 Å². The molecule has 0 radical (unpaired) electrons. The normalized spacial score (nSPS) is 23.5. The Labute approximate surface area is 108 Å². The monoisotopic (exact) mass is 282 g/mol. The number of nitrogens with zero attached hydrogens (tertiary/aromatic N) is 1. The van der Waals surface area contributed by atoms with Gasteiger partial charge in [-0.2, -0.15) is 13.2 Å². The predicted molar refractivity (Wildman–Crippen MR) is 60.6 cm³/mol. The average Bonchev–Trinajstić information content (AvgIpc) is 2.65. The van der Waals surface area contributed by atoms with Crippen molar-refractivity contribution in [3.63, 3.8) is 0 Å². The van der Waals surface area contributed by atoms with Gasteiger partial charge in [0.1, 0.15) is 0 Å². The number of carboxylic acids is 1. The van der Waals surface area contributed by atoms with Gasteiger partial charge in [-0.05, 0) is 12.3 Å². The van der Waals surface area contributed by atoms with Gasteiger partial charge < -0.3 is 15.3 Å². The topological polar surface area (TPSA) is 69.6 Å². The Morgan fingerprint density at radius 3 is 2.47 bits per heavy atom. The van der Waals surface area contributed by atoms with Crippen molar-refractivity contribution >= 4 is 12.0 Å². The largest absolute Gasteiger partial charge is 0.481 e. The van der Waals surface area contributed by atoms with Crippen LogP contribution in [0.15, 0.2) is 0 Å². The van der Waals surface area contributed by atoms with Crippen LogP contribution in [0, 0.1) is 11.8 Å². The number of halogens is 3. The molecule has 1 rings (SSSR count). The molecule has 0 bridgehead atoms. The molecule has 0 aromatic carbocycles.